The van der Waals surface area contributed by atoms with E-state index in [0.717, 1.165) is 42.9 Å². The molecule has 9 heteroatoms. The SMILES string of the molecule is CCCc1cc(C)[nH]c(=O)c1CNC(=O)c1cc(C(F)(F)F)cc(N(CC)C2CN(C)C2)c1C. The number of alkyl halides is 3. The molecule has 1 aliphatic rings. The molecule has 0 spiro atoms. The van der Waals surface area contributed by atoms with Gasteiger partial charge in [0.05, 0.1) is 11.6 Å². The van der Waals surface area contributed by atoms with E-state index in [1.165, 1.54) is 0 Å². The third-order valence-corrected chi connectivity index (χ3v) is 6.40. The molecule has 0 saturated carbocycles. The number of aromatic amines is 1. The largest absolute Gasteiger partial charge is 0.416 e. The van der Waals surface area contributed by atoms with E-state index in [4.69, 9.17) is 0 Å². The molecule has 0 aliphatic carbocycles. The number of carbonyl (C=O) groups is 1. The predicted octanol–water partition coefficient (Wildman–Crippen LogP) is 4.03. The zero-order valence-electron chi connectivity index (χ0n) is 20.4. The van der Waals surface area contributed by atoms with Crippen molar-refractivity contribution in [1.82, 2.24) is 15.2 Å². The highest BCUT2D eigenvalue weighted by molar-refractivity contribution is 5.97. The van der Waals surface area contributed by atoms with Crippen LogP contribution < -0.4 is 15.8 Å². The number of anilines is 1. The number of amides is 1. The van der Waals surface area contributed by atoms with Gasteiger partial charge in [-0.1, -0.05) is 13.3 Å². The van der Waals surface area contributed by atoms with Gasteiger partial charge >= 0.3 is 6.18 Å². The summed E-state index contributed by atoms with van der Waals surface area (Å²) >= 11 is 0. The maximum atomic E-state index is 13.7. The maximum absolute atomic E-state index is 13.7. The summed E-state index contributed by atoms with van der Waals surface area (Å²) in [6.45, 7) is 9.33. The molecule has 6 nitrogen and oxygen atoms in total. The van der Waals surface area contributed by atoms with Crippen molar-refractivity contribution in [1.29, 1.82) is 0 Å². The van der Waals surface area contributed by atoms with Crippen molar-refractivity contribution in [3.63, 3.8) is 0 Å². The van der Waals surface area contributed by atoms with Crippen LogP contribution in [0.3, 0.4) is 0 Å². The Morgan fingerprint density at radius 2 is 1.88 bits per heavy atom. The van der Waals surface area contributed by atoms with E-state index in [2.05, 4.69) is 15.2 Å². The summed E-state index contributed by atoms with van der Waals surface area (Å²) in [4.78, 5) is 32.4. The Balaban J connectivity index is 1.96. The van der Waals surface area contributed by atoms with Crippen molar-refractivity contribution in [2.75, 3.05) is 31.6 Å². The number of halogens is 3. The average Bonchev–Trinajstić information content (AvgIpc) is 2.72. The van der Waals surface area contributed by atoms with Gasteiger partial charge in [0.15, 0.2) is 0 Å². The van der Waals surface area contributed by atoms with Crippen molar-refractivity contribution in [3.05, 3.63) is 62.1 Å². The Bertz CT molecular complexity index is 1100. The number of nitrogens with zero attached hydrogens (tertiary/aromatic N) is 2. The van der Waals surface area contributed by atoms with Gasteiger partial charge in [0, 0.05) is 48.7 Å². The highest BCUT2D eigenvalue weighted by Gasteiger charge is 2.35. The van der Waals surface area contributed by atoms with Crippen LogP contribution in [0.25, 0.3) is 0 Å². The summed E-state index contributed by atoms with van der Waals surface area (Å²) < 4.78 is 41.2. The predicted molar refractivity (Wildman–Crippen MR) is 127 cm³/mol. The molecule has 1 aliphatic heterocycles. The second-order valence-corrected chi connectivity index (χ2v) is 9.04. The fourth-order valence-corrected chi connectivity index (χ4v) is 4.62. The molecule has 0 unspecified atom stereocenters. The van der Waals surface area contributed by atoms with Crippen LogP contribution in [0.5, 0.6) is 0 Å². The molecule has 0 bridgehead atoms. The molecule has 1 fully saturated rings. The van der Waals surface area contributed by atoms with Gasteiger partial charge in [-0.3, -0.25) is 9.59 Å². The van der Waals surface area contributed by atoms with Crippen LogP contribution in [0.2, 0.25) is 0 Å². The van der Waals surface area contributed by atoms with Crippen LogP contribution in [-0.4, -0.2) is 48.5 Å². The summed E-state index contributed by atoms with van der Waals surface area (Å²) in [6, 6.07) is 4.00. The number of nitrogens with one attached hydrogen (secondary N) is 2. The van der Waals surface area contributed by atoms with E-state index < -0.39 is 17.6 Å². The molecule has 34 heavy (non-hydrogen) atoms. The second kappa shape index (κ2) is 10.2. The molecule has 2 N–H and O–H groups in total. The standard InChI is InChI=1S/C25H33F3N4O2/c1-6-8-17-9-15(3)30-24(34)21(17)12-29-23(33)20-10-18(25(26,27)28)11-22(16(20)4)32(7-2)19-13-31(5)14-19/h9-11,19H,6-8,12-14H2,1-5H3,(H,29,33)(H,30,34). The van der Waals surface area contributed by atoms with Crippen LogP contribution in [0.1, 0.15) is 58.6 Å². The van der Waals surface area contributed by atoms with Crippen molar-refractivity contribution in [3.8, 4) is 0 Å². The number of H-pyrrole nitrogens is 1. The first-order chi connectivity index (χ1) is 16.0. The Kier molecular flexibility index (Phi) is 7.75. The Labute approximate surface area is 198 Å². The molecular weight excluding hydrogens is 445 g/mol. The van der Waals surface area contributed by atoms with E-state index in [0.29, 0.717) is 29.8 Å². The Hall–Kier alpha value is -2.81. The second-order valence-electron chi connectivity index (χ2n) is 9.04. The molecule has 0 atom stereocenters. The topological polar surface area (TPSA) is 68.4 Å². The number of pyridine rings is 1. The van der Waals surface area contributed by atoms with E-state index >= 15 is 0 Å². The van der Waals surface area contributed by atoms with Crippen LogP contribution in [-0.2, 0) is 19.1 Å². The first kappa shape index (κ1) is 25.8. The van der Waals surface area contributed by atoms with E-state index in [1.807, 2.05) is 31.9 Å². The average molecular weight is 479 g/mol. The zero-order chi connectivity index (χ0) is 25.2. The third-order valence-electron chi connectivity index (χ3n) is 6.40. The highest BCUT2D eigenvalue weighted by Crippen LogP contribution is 2.36. The fourth-order valence-electron chi connectivity index (χ4n) is 4.62. The summed E-state index contributed by atoms with van der Waals surface area (Å²) in [6.07, 6.45) is -3.09. The summed E-state index contributed by atoms with van der Waals surface area (Å²) in [5.74, 6) is -0.631. The van der Waals surface area contributed by atoms with Crippen LogP contribution in [0.4, 0.5) is 18.9 Å². The normalized spacial score (nSPS) is 14.7. The Morgan fingerprint density at radius 3 is 2.44 bits per heavy atom. The molecule has 0 radical (unpaired) electrons. The molecule has 2 heterocycles. The molecule has 3 rings (SSSR count). The van der Waals surface area contributed by atoms with E-state index in [1.54, 1.807) is 13.8 Å². The van der Waals surface area contributed by atoms with Gasteiger partial charge in [-0.25, -0.2) is 0 Å². The summed E-state index contributed by atoms with van der Waals surface area (Å²) in [5, 5.41) is 2.69. The van der Waals surface area contributed by atoms with Crippen molar-refractivity contribution in [2.45, 2.75) is 59.3 Å². The van der Waals surface area contributed by atoms with Gasteiger partial charge in [0.2, 0.25) is 0 Å². The van der Waals surface area contributed by atoms with Crippen molar-refractivity contribution >= 4 is 11.6 Å². The minimum absolute atomic E-state index is 0.0310. The van der Waals surface area contributed by atoms with E-state index in [9.17, 15) is 22.8 Å². The summed E-state index contributed by atoms with van der Waals surface area (Å²) in [7, 11) is 1.96. The van der Waals surface area contributed by atoms with Gasteiger partial charge in [-0.2, -0.15) is 13.2 Å². The minimum atomic E-state index is -4.59. The van der Waals surface area contributed by atoms with Gasteiger partial charge in [0.25, 0.3) is 11.5 Å². The van der Waals surface area contributed by atoms with Gasteiger partial charge in [0.1, 0.15) is 0 Å². The number of benzene rings is 1. The van der Waals surface area contributed by atoms with Crippen LogP contribution in [0, 0.1) is 13.8 Å². The lowest BCUT2D eigenvalue weighted by Crippen LogP contribution is -2.58. The molecule has 1 aromatic heterocycles. The monoisotopic (exact) mass is 478 g/mol. The van der Waals surface area contributed by atoms with Crippen LogP contribution in [0.15, 0.2) is 23.0 Å². The number of aromatic nitrogens is 1. The Morgan fingerprint density at radius 1 is 1.21 bits per heavy atom. The number of rotatable bonds is 8. The lowest BCUT2D eigenvalue weighted by atomic mass is 9.98. The van der Waals surface area contributed by atoms with Crippen LogP contribution >= 0.6 is 0 Å². The third kappa shape index (κ3) is 5.46. The molecule has 1 saturated heterocycles. The minimum Gasteiger partial charge on any atom is -0.366 e. The maximum Gasteiger partial charge on any atom is 0.416 e. The number of hydrogen-bond donors (Lipinski definition) is 2. The smallest absolute Gasteiger partial charge is 0.366 e. The molecule has 1 aromatic carbocycles. The highest BCUT2D eigenvalue weighted by atomic mass is 19.4. The quantitative estimate of drug-likeness (QED) is 0.601. The number of likely N-dealkylation sites (tertiary alicyclic amines) is 1. The molecule has 2 aromatic rings. The lowest BCUT2D eigenvalue weighted by molar-refractivity contribution is -0.137. The summed E-state index contributed by atoms with van der Waals surface area (Å²) in [5.41, 5.74) is 1.71. The van der Waals surface area contributed by atoms with Gasteiger partial charge < -0.3 is 20.1 Å². The van der Waals surface area contributed by atoms with Crippen molar-refractivity contribution < 1.29 is 18.0 Å². The number of hydrogen-bond acceptors (Lipinski definition) is 4. The first-order valence-electron chi connectivity index (χ1n) is 11.6. The van der Waals surface area contributed by atoms with Crippen molar-refractivity contribution in [2.24, 2.45) is 0 Å². The molecule has 186 valence electrons. The molecular formula is C25H33F3N4O2. The lowest BCUT2D eigenvalue weighted by Gasteiger charge is -2.45. The zero-order valence-corrected chi connectivity index (χ0v) is 20.4. The number of aryl methyl sites for hydroxylation is 2. The number of likely N-dealkylation sites (N-methyl/N-ethyl adjacent to an activating group) is 2. The fraction of sp³-hybridized carbons (Fsp3) is 0.520. The van der Waals surface area contributed by atoms with Gasteiger partial charge in [-0.15, -0.1) is 0 Å². The first-order valence-corrected chi connectivity index (χ1v) is 11.6. The number of carbonyl (C=O) groups excluding carboxylic acids is 1. The van der Waals surface area contributed by atoms with Gasteiger partial charge in [-0.05, 0) is 63.6 Å². The van der Waals surface area contributed by atoms with E-state index in [-0.39, 0.29) is 23.7 Å². The molecule has 1 amide bonds.